The summed E-state index contributed by atoms with van der Waals surface area (Å²) in [6.07, 6.45) is 2.84. The molecule has 88 valence electrons. The van der Waals surface area contributed by atoms with Crippen LogP contribution < -0.4 is 9.47 Å². The summed E-state index contributed by atoms with van der Waals surface area (Å²) in [6, 6.07) is 3.27. The van der Waals surface area contributed by atoms with Gasteiger partial charge in [0.15, 0.2) is 17.3 Å². The van der Waals surface area contributed by atoms with Crippen molar-refractivity contribution in [3.05, 3.63) is 23.5 Å². The van der Waals surface area contributed by atoms with Gasteiger partial charge in [0.05, 0.1) is 0 Å². The van der Waals surface area contributed by atoms with Crippen LogP contribution in [0.25, 0.3) is 0 Å². The Morgan fingerprint density at radius 2 is 2.06 bits per heavy atom. The van der Waals surface area contributed by atoms with E-state index in [1.807, 2.05) is 0 Å². The van der Waals surface area contributed by atoms with Gasteiger partial charge in [-0.1, -0.05) is 0 Å². The van der Waals surface area contributed by atoms with Gasteiger partial charge >= 0.3 is 0 Å². The topological polar surface area (TPSA) is 47.9 Å². The molecule has 3 rings (SSSR count). The van der Waals surface area contributed by atoms with Crippen molar-refractivity contribution in [1.82, 2.24) is 0 Å². The Morgan fingerprint density at radius 3 is 2.76 bits per heavy atom. The standard InChI is InChI=1S/C12H10FNO3/c13-10-8(12(3-4-12)14-7-15)1-2-9-11(10)17-6-5-16-9/h1-2H,3-6H2. The van der Waals surface area contributed by atoms with Gasteiger partial charge in [-0.3, -0.25) is 0 Å². The number of carbonyl (C=O) groups excluding carboxylic acids is 1. The highest BCUT2D eigenvalue weighted by Crippen LogP contribution is 2.52. The number of isocyanates is 1. The van der Waals surface area contributed by atoms with Gasteiger partial charge in [-0.15, -0.1) is 0 Å². The van der Waals surface area contributed by atoms with E-state index in [4.69, 9.17) is 9.47 Å². The number of hydrogen-bond donors (Lipinski definition) is 0. The first-order valence-corrected chi connectivity index (χ1v) is 5.44. The van der Waals surface area contributed by atoms with Gasteiger partial charge in [0, 0.05) is 5.56 Å². The summed E-state index contributed by atoms with van der Waals surface area (Å²) in [7, 11) is 0. The second-order valence-corrected chi connectivity index (χ2v) is 4.19. The number of fused-ring (bicyclic) bond motifs is 1. The fourth-order valence-electron chi connectivity index (χ4n) is 2.09. The van der Waals surface area contributed by atoms with Gasteiger partial charge in [0.2, 0.25) is 6.08 Å². The minimum atomic E-state index is -0.721. The summed E-state index contributed by atoms with van der Waals surface area (Å²) >= 11 is 0. The molecule has 0 atom stereocenters. The van der Waals surface area contributed by atoms with E-state index >= 15 is 0 Å². The smallest absolute Gasteiger partial charge is 0.235 e. The lowest BCUT2D eigenvalue weighted by Crippen LogP contribution is -2.18. The summed E-state index contributed by atoms with van der Waals surface area (Å²) < 4.78 is 24.8. The molecule has 0 bridgehead atoms. The normalized spacial score (nSPS) is 19.4. The molecule has 5 heteroatoms. The van der Waals surface area contributed by atoms with Crippen molar-refractivity contribution in [2.24, 2.45) is 4.99 Å². The number of nitrogens with zero attached hydrogens (tertiary/aromatic N) is 1. The molecule has 0 radical (unpaired) electrons. The largest absolute Gasteiger partial charge is 0.486 e. The fraction of sp³-hybridized carbons (Fsp3) is 0.417. The number of aliphatic imine (C=N–C) groups is 1. The monoisotopic (exact) mass is 235 g/mol. The summed E-state index contributed by atoms with van der Waals surface area (Å²) in [6.45, 7) is 0.751. The molecule has 4 nitrogen and oxygen atoms in total. The van der Waals surface area contributed by atoms with E-state index in [0.29, 0.717) is 37.4 Å². The molecule has 0 unspecified atom stereocenters. The summed E-state index contributed by atoms with van der Waals surface area (Å²) in [4.78, 5) is 14.1. The van der Waals surface area contributed by atoms with E-state index in [9.17, 15) is 9.18 Å². The third-order valence-electron chi connectivity index (χ3n) is 3.13. The molecule has 17 heavy (non-hydrogen) atoms. The van der Waals surface area contributed by atoms with Gasteiger partial charge in [-0.25, -0.2) is 9.18 Å². The number of rotatable bonds is 2. The molecule has 0 saturated heterocycles. The van der Waals surface area contributed by atoms with E-state index in [1.165, 1.54) is 6.08 Å². The van der Waals surface area contributed by atoms with Crippen molar-refractivity contribution >= 4 is 6.08 Å². The average Bonchev–Trinajstić information content (AvgIpc) is 3.11. The molecular weight excluding hydrogens is 225 g/mol. The van der Waals surface area contributed by atoms with Crippen LogP contribution in [0.3, 0.4) is 0 Å². The van der Waals surface area contributed by atoms with E-state index in [0.717, 1.165) is 0 Å². The lowest BCUT2D eigenvalue weighted by Gasteiger charge is -2.21. The van der Waals surface area contributed by atoms with Crippen molar-refractivity contribution in [1.29, 1.82) is 0 Å². The lowest BCUT2D eigenvalue weighted by molar-refractivity contribution is 0.163. The van der Waals surface area contributed by atoms with Crippen LogP contribution >= 0.6 is 0 Å². The van der Waals surface area contributed by atoms with Gasteiger partial charge < -0.3 is 9.47 Å². The lowest BCUT2D eigenvalue weighted by atomic mass is 10.0. The number of benzene rings is 1. The Balaban J connectivity index is 2.10. The Kier molecular flexibility index (Phi) is 2.16. The highest BCUT2D eigenvalue weighted by molar-refractivity contribution is 5.50. The average molecular weight is 235 g/mol. The van der Waals surface area contributed by atoms with Crippen LogP contribution in [0, 0.1) is 5.82 Å². The van der Waals surface area contributed by atoms with Gasteiger partial charge in [0.1, 0.15) is 18.8 Å². The summed E-state index contributed by atoms with van der Waals surface area (Å²) in [5, 5.41) is 0. The van der Waals surface area contributed by atoms with Crippen LogP contribution in [0.1, 0.15) is 18.4 Å². The van der Waals surface area contributed by atoms with Crippen molar-refractivity contribution in [2.45, 2.75) is 18.4 Å². The molecule has 1 aliphatic carbocycles. The van der Waals surface area contributed by atoms with Crippen molar-refractivity contribution in [2.75, 3.05) is 13.2 Å². The molecule has 1 aliphatic heterocycles. The number of hydrogen-bond acceptors (Lipinski definition) is 4. The van der Waals surface area contributed by atoms with Crippen LogP contribution in [0.4, 0.5) is 4.39 Å². The molecule has 1 saturated carbocycles. The second-order valence-electron chi connectivity index (χ2n) is 4.19. The van der Waals surface area contributed by atoms with Crippen LogP contribution in [-0.2, 0) is 10.3 Å². The zero-order valence-corrected chi connectivity index (χ0v) is 9.03. The molecular formula is C12H10FNO3. The van der Waals surface area contributed by atoms with Crippen LogP contribution in [0.15, 0.2) is 17.1 Å². The summed E-state index contributed by atoms with van der Waals surface area (Å²) in [5.41, 5.74) is -0.327. The molecule has 1 aromatic rings. The third-order valence-corrected chi connectivity index (χ3v) is 3.13. The molecule has 0 spiro atoms. The maximum absolute atomic E-state index is 14.2. The Labute approximate surface area is 97.1 Å². The first-order valence-electron chi connectivity index (χ1n) is 5.44. The highest BCUT2D eigenvalue weighted by atomic mass is 19.1. The molecule has 1 fully saturated rings. The predicted octanol–water partition coefficient (Wildman–Crippen LogP) is 1.92. The molecule has 1 aromatic carbocycles. The molecule has 2 aliphatic rings. The number of ether oxygens (including phenoxy) is 2. The Hall–Kier alpha value is -1.87. The Morgan fingerprint density at radius 1 is 1.29 bits per heavy atom. The third kappa shape index (κ3) is 1.51. The minimum Gasteiger partial charge on any atom is -0.486 e. The quantitative estimate of drug-likeness (QED) is 0.581. The molecule has 0 N–H and O–H groups in total. The maximum Gasteiger partial charge on any atom is 0.235 e. The van der Waals surface area contributed by atoms with E-state index in [2.05, 4.69) is 4.99 Å². The van der Waals surface area contributed by atoms with Crippen LogP contribution in [0.5, 0.6) is 11.5 Å². The fourth-order valence-corrected chi connectivity index (χ4v) is 2.09. The van der Waals surface area contributed by atoms with Crippen LogP contribution in [0.2, 0.25) is 0 Å². The minimum absolute atomic E-state index is 0.126. The number of halogens is 1. The SMILES string of the molecule is O=C=NC1(c2ccc3c(c2F)OCCO3)CC1. The van der Waals surface area contributed by atoms with Gasteiger partial charge in [0.25, 0.3) is 0 Å². The molecule has 0 aromatic heterocycles. The first-order chi connectivity index (χ1) is 8.27. The molecule has 0 amide bonds. The first kappa shape index (κ1) is 10.3. The van der Waals surface area contributed by atoms with Crippen molar-refractivity contribution in [3.8, 4) is 11.5 Å². The summed E-state index contributed by atoms with van der Waals surface area (Å²) in [5.74, 6) is 0.0585. The second kappa shape index (κ2) is 3.57. The van der Waals surface area contributed by atoms with Crippen molar-refractivity contribution in [3.63, 3.8) is 0 Å². The van der Waals surface area contributed by atoms with Crippen LogP contribution in [-0.4, -0.2) is 19.3 Å². The predicted molar refractivity (Wildman–Crippen MR) is 56.4 cm³/mol. The zero-order valence-electron chi connectivity index (χ0n) is 9.03. The van der Waals surface area contributed by atoms with Crippen molar-refractivity contribution < 1.29 is 18.7 Å². The maximum atomic E-state index is 14.2. The van der Waals surface area contributed by atoms with Gasteiger partial charge in [-0.2, -0.15) is 4.99 Å². The van der Waals surface area contributed by atoms with Gasteiger partial charge in [-0.05, 0) is 25.0 Å². The Bertz CT molecular complexity index is 519. The molecule has 1 heterocycles. The van der Waals surface area contributed by atoms with E-state index < -0.39 is 11.4 Å². The highest BCUT2D eigenvalue weighted by Gasteiger charge is 2.47. The zero-order chi connectivity index (χ0) is 11.9. The van der Waals surface area contributed by atoms with E-state index in [-0.39, 0.29) is 5.75 Å². The van der Waals surface area contributed by atoms with E-state index in [1.54, 1.807) is 12.1 Å².